The molecule has 24 heavy (non-hydrogen) atoms. The summed E-state index contributed by atoms with van der Waals surface area (Å²) in [4.78, 5) is 4.57. The number of fused-ring (bicyclic) bond motifs is 1. The van der Waals surface area contributed by atoms with Crippen molar-refractivity contribution >= 4 is 21.3 Å². The average molecular weight is 344 g/mol. The molecule has 0 saturated carbocycles. The number of benzene rings is 1. The minimum atomic E-state index is -3.22. The number of aromatic nitrogens is 3. The van der Waals surface area contributed by atoms with Gasteiger partial charge in [0.2, 0.25) is 0 Å². The summed E-state index contributed by atoms with van der Waals surface area (Å²) in [5.41, 5.74) is 2.35. The molecule has 0 radical (unpaired) electrons. The third-order valence-corrected chi connectivity index (χ3v) is 5.80. The number of sulfone groups is 1. The van der Waals surface area contributed by atoms with E-state index in [0.29, 0.717) is 11.5 Å². The monoisotopic (exact) mass is 344 g/mol. The highest BCUT2D eigenvalue weighted by Crippen LogP contribution is 2.24. The van der Waals surface area contributed by atoms with E-state index in [-0.39, 0.29) is 11.5 Å². The lowest BCUT2D eigenvalue weighted by molar-refractivity contribution is 0.190. The summed E-state index contributed by atoms with van der Waals surface area (Å²) in [5, 5.41) is 17.3. The van der Waals surface area contributed by atoms with Crippen LogP contribution in [-0.2, 0) is 9.84 Å². The summed E-state index contributed by atoms with van der Waals surface area (Å²) < 4.78 is 25.0. The van der Waals surface area contributed by atoms with Crippen molar-refractivity contribution in [2.75, 3.05) is 16.8 Å². The summed E-state index contributed by atoms with van der Waals surface area (Å²) in [6.07, 6.45) is 0.693. The molecule has 0 unspecified atom stereocenters. The van der Waals surface area contributed by atoms with Gasteiger partial charge in [-0.2, -0.15) is 9.61 Å². The molecule has 1 saturated heterocycles. The lowest BCUT2D eigenvalue weighted by Crippen LogP contribution is -2.32. The first-order valence-electron chi connectivity index (χ1n) is 7.57. The summed E-state index contributed by atoms with van der Waals surface area (Å²) in [7, 11) is -3.22. The van der Waals surface area contributed by atoms with Crippen LogP contribution in [0.4, 0.5) is 5.82 Å². The van der Waals surface area contributed by atoms with Crippen molar-refractivity contribution in [2.45, 2.75) is 12.1 Å². The average Bonchev–Trinajstić information content (AvgIpc) is 3.12. The van der Waals surface area contributed by atoms with Gasteiger partial charge in [0.05, 0.1) is 35.5 Å². The van der Waals surface area contributed by atoms with Crippen LogP contribution < -0.4 is 5.32 Å². The minimum Gasteiger partial charge on any atom is -0.390 e. The fraction of sp³-hybridized carbons (Fsp3) is 0.250. The van der Waals surface area contributed by atoms with Crippen LogP contribution in [0.15, 0.2) is 48.7 Å². The van der Waals surface area contributed by atoms with Gasteiger partial charge in [0.15, 0.2) is 15.5 Å². The number of hydrogen-bond acceptors (Lipinski definition) is 6. The van der Waals surface area contributed by atoms with E-state index in [9.17, 15) is 13.5 Å². The molecule has 0 spiro atoms. The smallest absolute Gasteiger partial charge is 0.157 e. The zero-order valence-electron chi connectivity index (χ0n) is 12.7. The van der Waals surface area contributed by atoms with E-state index < -0.39 is 22.0 Å². The Kier molecular flexibility index (Phi) is 3.50. The first-order chi connectivity index (χ1) is 11.5. The standard InChI is InChI=1S/C16H16N4O3S/c21-14-10-24(22,23)9-13(14)19-16-8-12(11-4-2-1-3-5-11)18-15-6-7-17-20(15)16/h1-8,13-14,19,21H,9-10H2/t13-,14-/m1/s1. The Morgan fingerprint density at radius 1 is 1.17 bits per heavy atom. The summed E-state index contributed by atoms with van der Waals surface area (Å²) in [6.45, 7) is 0. The van der Waals surface area contributed by atoms with Gasteiger partial charge in [-0.15, -0.1) is 0 Å². The topological polar surface area (TPSA) is 96.6 Å². The molecule has 8 heteroatoms. The van der Waals surface area contributed by atoms with Crippen LogP contribution in [0, 0.1) is 0 Å². The van der Waals surface area contributed by atoms with Gasteiger partial charge >= 0.3 is 0 Å². The van der Waals surface area contributed by atoms with Gasteiger partial charge < -0.3 is 10.4 Å². The van der Waals surface area contributed by atoms with Crippen molar-refractivity contribution in [3.05, 3.63) is 48.7 Å². The van der Waals surface area contributed by atoms with Gasteiger partial charge in [0.1, 0.15) is 5.82 Å². The Labute approximate surface area is 138 Å². The first-order valence-corrected chi connectivity index (χ1v) is 9.39. The van der Waals surface area contributed by atoms with Crippen LogP contribution >= 0.6 is 0 Å². The largest absolute Gasteiger partial charge is 0.390 e. The Balaban J connectivity index is 1.76. The van der Waals surface area contributed by atoms with Gasteiger partial charge in [0.25, 0.3) is 0 Å². The second-order valence-electron chi connectivity index (χ2n) is 5.89. The number of aliphatic hydroxyl groups excluding tert-OH is 1. The Morgan fingerprint density at radius 2 is 1.96 bits per heavy atom. The minimum absolute atomic E-state index is 0.0973. The van der Waals surface area contributed by atoms with E-state index >= 15 is 0 Å². The molecule has 2 aromatic heterocycles. The molecule has 0 bridgehead atoms. The molecule has 3 aromatic rings. The molecule has 0 amide bonds. The molecule has 1 aliphatic rings. The molecule has 2 N–H and O–H groups in total. The third kappa shape index (κ3) is 2.74. The zero-order valence-corrected chi connectivity index (χ0v) is 13.5. The molecule has 1 aromatic carbocycles. The second kappa shape index (κ2) is 5.57. The lowest BCUT2D eigenvalue weighted by Gasteiger charge is -2.17. The highest BCUT2D eigenvalue weighted by atomic mass is 32.2. The van der Waals surface area contributed by atoms with Crippen molar-refractivity contribution in [2.24, 2.45) is 0 Å². The number of anilines is 1. The normalized spacial score (nSPS) is 22.7. The fourth-order valence-corrected chi connectivity index (χ4v) is 4.67. The Morgan fingerprint density at radius 3 is 2.67 bits per heavy atom. The van der Waals surface area contributed by atoms with Gasteiger partial charge in [-0.25, -0.2) is 13.4 Å². The van der Waals surface area contributed by atoms with Crippen LogP contribution in [0.1, 0.15) is 0 Å². The quantitative estimate of drug-likeness (QED) is 0.735. The van der Waals surface area contributed by atoms with Crippen LogP contribution in [0.5, 0.6) is 0 Å². The van der Waals surface area contributed by atoms with E-state index in [4.69, 9.17) is 0 Å². The summed E-state index contributed by atoms with van der Waals surface area (Å²) >= 11 is 0. The van der Waals surface area contributed by atoms with Crippen molar-refractivity contribution in [3.63, 3.8) is 0 Å². The SMILES string of the molecule is O=S1(=O)C[C@@H](O)[C@H](Nc2cc(-c3ccccc3)nc3ccnn23)C1. The van der Waals surface area contributed by atoms with Gasteiger partial charge in [-0.3, -0.25) is 0 Å². The van der Waals surface area contributed by atoms with Crippen LogP contribution in [0.2, 0.25) is 0 Å². The number of aliphatic hydroxyl groups is 1. The zero-order chi connectivity index (χ0) is 16.7. The molecule has 3 heterocycles. The van der Waals surface area contributed by atoms with Crippen molar-refractivity contribution in [1.29, 1.82) is 0 Å². The van der Waals surface area contributed by atoms with Crippen molar-refractivity contribution in [3.8, 4) is 11.3 Å². The molecular formula is C16H16N4O3S. The lowest BCUT2D eigenvalue weighted by atomic mass is 10.1. The van der Waals surface area contributed by atoms with Crippen molar-refractivity contribution in [1.82, 2.24) is 14.6 Å². The molecule has 4 rings (SSSR count). The fourth-order valence-electron chi connectivity index (χ4n) is 2.93. The third-order valence-electron chi connectivity index (χ3n) is 4.08. The maximum Gasteiger partial charge on any atom is 0.157 e. The number of hydrogen-bond donors (Lipinski definition) is 2. The predicted molar refractivity (Wildman–Crippen MR) is 90.5 cm³/mol. The molecule has 124 valence electrons. The Bertz CT molecular complexity index is 985. The highest BCUT2D eigenvalue weighted by molar-refractivity contribution is 7.91. The van der Waals surface area contributed by atoms with Gasteiger partial charge in [-0.1, -0.05) is 30.3 Å². The summed E-state index contributed by atoms with van der Waals surface area (Å²) in [6, 6.07) is 12.7. The van der Waals surface area contributed by atoms with Gasteiger partial charge in [-0.05, 0) is 0 Å². The second-order valence-corrected chi connectivity index (χ2v) is 8.04. The Hall–Kier alpha value is -2.45. The molecular weight excluding hydrogens is 328 g/mol. The molecule has 0 aliphatic carbocycles. The maximum absolute atomic E-state index is 11.7. The molecule has 2 atom stereocenters. The van der Waals surface area contributed by atoms with Gasteiger partial charge in [0, 0.05) is 17.7 Å². The molecule has 1 fully saturated rings. The number of nitrogens with one attached hydrogen (secondary N) is 1. The summed E-state index contributed by atoms with van der Waals surface area (Å²) in [5.74, 6) is 0.286. The van der Waals surface area contributed by atoms with E-state index in [1.165, 1.54) is 0 Å². The van der Waals surface area contributed by atoms with E-state index in [1.807, 2.05) is 36.4 Å². The van der Waals surface area contributed by atoms with Crippen LogP contribution in [0.25, 0.3) is 16.9 Å². The number of nitrogens with zero attached hydrogens (tertiary/aromatic N) is 3. The highest BCUT2D eigenvalue weighted by Gasteiger charge is 2.36. The van der Waals surface area contributed by atoms with E-state index in [2.05, 4.69) is 15.4 Å². The maximum atomic E-state index is 11.7. The van der Waals surface area contributed by atoms with E-state index in [1.54, 1.807) is 16.8 Å². The van der Waals surface area contributed by atoms with Crippen LogP contribution in [0.3, 0.4) is 0 Å². The van der Waals surface area contributed by atoms with Crippen molar-refractivity contribution < 1.29 is 13.5 Å². The van der Waals surface area contributed by atoms with E-state index in [0.717, 1.165) is 11.3 Å². The molecule has 1 aliphatic heterocycles. The van der Waals surface area contributed by atoms with Crippen LogP contribution in [-0.4, -0.2) is 51.8 Å². The number of rotatable bonds is 3. The first kappa shape index (κ1) is 15.1. The molecule has 7 nitrogen and oxygen atoms in total. The predicted octanol–water partition coefficient (Wildman–Crippen LogP) is 0.966.